The highest BCUT2D eigenvalue weighted by Crippen LogP contribution is 2.35. The number of benzene rings is 3. The van der Waals surface area contributed by atoms with Gasteiger partial charge in [-0.2, -0.15) is 0 Å². The number of nitrogens with one attached hydrogen (secondary N) is 1. The monoisotopic (exact) mass is 432 g/mol. The van der Waals surface area contributed by atoms with Gasteiger partial charge in [0.25, 0.3) is 0 Å². The number of para-hydroxylation sites is 1. The van der Waals surface area contributed by atoms with Crippen molar-refractivity contribution in [3.05, 3.63) is 84.7 Å². The van der Waals surface area contributed by atoms with Gasteiger partial charge in [0.15, 0.2) is 21.4 Å². The molecule has 3 aromatic carbocycles. The van der Waals surface area contributed by atoms with Crippen molar-refractivity contribution in [3.8, 4) is 34.1 Å². The highest BCUT2D eigenvalue weighted by atomic mass is 32.2. The maximum absolute atomic E-state index is 13.5. The van der Waals surface area contributed by atoms with E-state index in [-0.39, 0.29) is 10.7 Å². The zero-order valence-corrected chi connectivity index (χ0v) is 17.3. The normalized spacial score (nSPS) is 11.8. The van der Waals surface area contributed by atoms with Crippen LogP contribution in [-0.4, -0.2) is 24.6 Å². The molecule has 0 unspecified atom stereocenters. The number of sulfone groups is 1. The number of fused-ring (bicyclic) bond motifs is 1. The van der Waals surface area contributed by atoms with Gasteiger partial charge in [-0.05, 0) is 48.5 Å². The first-order chi connectivity index (χ1) is 14.9. The standard InChI is InChI=1S/C24H17FN2O3S/c1-31(28,29)19-12-8-16(9-13-19)23-22(15-6-10-18(25)11-7-15)26-24(27-23)21-14-17-4-2-3-5-20(17)30-21/h2-14H,1H3,(H,26,27). The summed E-state index contributed by atoms with van der Waals surface area (Å²) >= 11 is 0. The highest BCUT2D eigenvalue weighted by molar-refractivity contribution is 7.90. The summed E-state index contributed by atoms with van der Waals surface area (Å²) in [5.74, 6) is 0.765. The van der Waals surface area contributed by atoms with Crippen LogP contribution in [0.3, 0.4) is 0 Å². The lowest BCUT2D eigenvalue weighted by molar-refractivity contribution is 0.602. The quantitative estimate of drug-likeness (QED) is 0.395. The predicted molar refractivity (Wildman–Crippen MR) is 118 cm³/mol. The fourth-order valence-electron chi connectivity index (χ4n) is 3.48. The topological polar surface area (TPSA) is 76.0 Å². The van der Waals surface area contributed by atoms with Gasteiger partial charge in [-0.15, -0.1) is 0 Å². The van der Waals surface area contributed by atoms with Gasteiger partial charge in [0.1, 0.15) is 11.4 Å². The molecule has 31 heavy (non-hydrogen) atoms. The molecule has 0 aliphatic carbocycles. The Balaban J connectivity index is 1.67. The lowest BCUT2D eigenvalue weighted by atomic mass is 10.1. The zero-order chi connectivity index (χ0) is 21.6. The van der Waals surface area contributed by atoms with Gasteiger partial charge < -0.3 is 9.40 Å². The van der Waals surface area contributed by atoms with Crippen molar-refractivity contribution in [2.45, 2.75) is 4.90 Å². The Morgan fingerprint density at radius 2 is 1.58 bits per heavy atom. The third-order valence-electron chi connectivity index (χ3n) is 5.05. The molecule has 0 amide bonds. The van der Waals surface area contributed by atoms with E-state index in [0.29, 0.717) is 23.0 Å². The van der Waals surface area contributed by atoms with Gasteiger partial charge in [-0.3, -0.25) is 0 Å². The Morgan fingerprint density at radius 1 is 0.903 bits per heavy atom. The van der Waals surface area contributed by atoms with Crippen LogP contribution in [0.1, 0.15) is 0 Å². The minimum Gasteiger partial charge on any atom is -0.453 e. The molecule has 5 nitrogen and oxygen atoms in total. The first kappa shape index (κ1) is 19.3. The van der Waals surface area contributed by atoms with E-state index in [9.17, 15) is 12.8 Å². The fourth-order valence-corrected chi connectivity index (χ4v) is 4.11. The summed E-state index contributed by atoms with van der Waals surface area (Å²) in [5, 5.41) is 0.955. The van der Waals surface area contributed by atoms with E-state index in [2.05, 4.69) is 4.98 Å². The SMILES string of the molecule is CS(=O)(=O)c1ccc(-c2nc(-c3cc4ccccc4o3)[nH]c2-c2ccc(F)cc2)cc1. The van der Waals surface area contributed by atoms with Crippen molar-refractivity contribution in [2.24, 2.45) is 0 Å². The van der Waals surface area contributed by atoms with Crippen molar-refractivity contribution in [1.29, 1.82) is 0 Å². The Hall–Kier alpha value is -3.71. The third kappa shape index (κ3) is 3.64. The average Bonchev–Trinajstić information content (AvgIpc) is 3.38. The van der Waals surface area contributed by atoms with Crippen molar-refractivity contribution in [1.82, 2.24) is 9.97 Å². The van der Waals surface area contributed by atoms with E-state index in [1.807, 2.05) is 30.3 Å². The summed E-state index contributed by atoms with van der Waals surface area (Å²) in [4.78, 5) is 8.27. The number of hydrogen-bond acceptors (Lipinski definition) is 4. The second-order valence-corrected chi connectivity index (χ2v) is 9.28. The summed E-state index contributed by atoms with van der Waals surface area (Å²) in [5.41, 5.74) is 3.52. The Kier molecular flexibility index (Phi) is 4.48. The molecule has 0 aliphatic rings. The molecule has 0 saturated carbocycles. The molecule has 2 aromatic heterocycles. The fraction of sp³-hybridized carbons (Fsp3) is 0.0417. The average molecular weight is 432 g/mol. The third-order valence-corrected chi connectivity index (χ3v) is 6.18. The number of hydrogen-bond donors (Lipinski definition) is 1. The molecule has 1 N–H and O–H groups in total. The van der Waals surface area contributed by atoms with Crippen LogP contribution in [0, 0.1) is 5.82 Å². The Bertz CT molecular complexity index is 1470. The highest BCUT2D eigenvalue weighted by Gasteiger charge is 2.18. The van der Waals surface area contributed by atoms with E-state index in [4.69, 9.17) is 9.40 Å². The maximum Gasteiger partial charge on any atom is 0.175 e. The summed E-state index contributed by atoms with van der Waals surface area (Å²) in [7, 11) is -3.31. The Morgan fingerprint density at radius 3 is 2.26 bits per heavy atom. The first-order valence-corrected chi connectivity index (χ1v) is 11.4. The van der Waals surface area contributed by atoms with Gasteiger partial charge >= 0.3 is 0 Å². The van der Waals surface area contributed by atoms with Gasteiger partial charge in [0.2, 0.25) is 0 Å². The van der Waals surface area contributed by atoms with Crippen LogP contribution in [0.2, 0.25) is 0 Å². The number of nitrogens with zero attached hydrogens (tertiary/aromatic N) is 1. The lowest BCUT2D eigenvalue weighted by Crippen LogP contribution is -1.96. The summed E-state index contributed by atoms with van der Waals surface area (Å²) in [6, 6.07) is 22.2. The minimum atomic E-state index is -3.31. The molecule has 0 spiro atoms. The summed E-state index contributed by atoms with van der Waals surface area (Å²) in [6.45, 7) is 0. The number of imidazole rings is 1. The molecule has 0 fully saturated rings. The molecule has 2 heterocycles. The molecule has 154 valence electrons. The van der Waals surface area contributed by atoms with Crippen LogP contribution < -0.4 is 0 Å². The molecular formula is C24H17FN2O3S. The lowest BCUT2D eigenvalue weighted by Gasteiger charge is -2.04. The van der Waals surface area contributed by atoms with Crippen LogP contribution in [0.5, 0.6) is 0 Å². The summed E-state index contributed by atoms with van der Waals surface area (Å²) in [6.07, 6.45) is 1.17. The number of aromatic nitrogens is 2. The van der Waals surface area contributed by atoms with Crippen LogP contribution in [0.15, 0.2) is 88.2 Å². The number of halogens is 1. The van der Waals surface area contributed by atoms with Crippen LogP contribution >= 0.6 is 0 Å². The predicted octanol–water partition coefficient (Wildman–Crippen LogP) is 5.70. The second kappa shape index (κ2) is 7.21. The van der Waals surface area contributed by atoms with Gasteiger partial charge in [0, 0.05) is 22.8 Å². The smallest absolute Gasteiger partial charge is 0.175 e. The van der Waals surface area contributed by atoms with E-state index in [1.165, 1.54) is 18.4 Å². The molecule has 0 aliphatic heterocycles. The minimum absolute atomic E-state index is 0.229. The second-order valence-electron chi connectivity index (χ2n) is 7.26. The number of H-pyrrole nitrogens is 1. The summed E-state index contributed by atoms with van der Waals surface area (Å²) < 4.78 is 43.0. The number of rotatable bonds is 4. The molecule has 0 atom stereocenters. The van der Waals surface area contributed by atoms with Crippen molar-refractivity contribution >= 4 is 20.8 Å². The Labute approximate surface area is 178 Å². The molecule has 7 heteroatoms. The molecule has 5 aromatic rings. The molecule has 0 radical (unpaired) electrons. The molecular weight excluding hydrogens is 415 g/mol. The van der Waals surface area contributed by atoms with Crippen molar-refractivity contribution in [3.63, 3.8) is 0 Å². The van der Waals surface area contributed by atoms with Crippen LogP contribution in [0.25, 0.3) is 45.1 Å². The van der Waals surface area contributed by atoms with Crippen molar-refractivity contribution < 1.29 is 17.2 Å². The largest absolute Gasteiger partial charge is 0.453 e. The molecule has 0 bridgehead atoms. The van der Waals surface area contributed by atoms with Crippen LogP contribution in [0.4, 0.5) is 4.39 Å². The number of aromatic amines is 1. The van der Waals surface area contributed by atoms with E-state index >= 15 is 0 Å². The van der Waals surface area contributed by atoms with Crippen molar-refractivity contribution in [2.75, 3.05) is 6.26 Å². The zero-order valence-electron chi connectivity index (χ0n) is 16.5. The van der Waals surface area contributed by atoms with E-state index in [1.54, 1.807) is 36.4 Å². The van der Waals surface area contributed by atoms with Gasteiger partial charge in [0.05, 0.1) is 16.3 Å². The van der Waals surface area contributed by atoms with Crippen LogP contribution in [-0.2, 0) is 9.84 Å². The molecule has 5 rings (SSSR count). The molecule has 0 saturated heterocycles. The maximum atomic E-state index is 13.5. The van der Waals surface area contributed by atoms with E-state index in [0.717, 1.165) is 22.1 Å². The first-order valence-electron chi connectivity index (χ1n) is 9.54. The van der Waals surface area contributed by atoms with E-state index < -0.39 is 9.84 Å². The number of furan rings is 1. The van der Waals surface area contributed by atoms with Gasteiger partial charge in [-0.25, -0.2) is 17.8 Å². The van der Waals surface area contributed by atoms with Gasteiger partial charge in [-0.1, -0.05) is 30.3 Å².